The fourth-order valence-electron chi connectivity index (χ4n) is 1.80. The van der Waals surface area contributed by atoms with Crippen LogP contribution < -0.4 is 5.56 Å². The van der Waals surface area contributed by atoms with Gasteiger partial charge in [-0.15, -0.1) is 0 Å². The van der Waals surface area contributed by atoms with E-state index in [0.717, 1.165) is 11.1 Å². The van der Waals surface area contributed by atoms with Crippen molar-refractivity contribution in [2.75, 3.05) is 6.61 Å². The molecule has 0 aliphatic carbocycles. The number of alkyl halides is 2. The quantitative estimate of drug-likeness (QED) is 0.831. The van der Waals surface area contributed by atoms with Crippen LogP contribution in [0, 0.1) is 0 Å². The highest BCUT2D eigenvalue weighted by Crippen LogP contribution is 2.26. The van der Waals surface area contributed by atoms with Crippen molar-refractivity contribution in [1.82, 2.24) is 4.57 Å². The lowest BCUT2D eigenvalue weighted by atomic mass is 10.1. The Labute approximate surface area is 122 Å². The molecular formula is C14H12BrF2NO2. The molecular weight excluding hydrogens is 332 g/mol. The first-order chi connectivity index (χ1) is 9.58. The number of pyridine rings is 1. The average Bonchev–Trinajstić information content (AvgIpc) is 2.42. The van der Waals surface area contributed by atoms with Crippen molar-refractivity contribution in [3.05, 3.63) is 57.4 Å². The fourth-order valence-corrected chi connectivity index (χ4v) is 2.32. The third-order valence-electron chi connectivity index (χ3n) is 2.74. The fraction of sp³-hybridized carbons (Fsp3) is 0.214. The number of nitrogens with zero attached hydrogens (tertiary/aromatic N) is 1. The highest BCUT2D eigenvalue weighted by molar-refractivity contribution is 9.10. The van der Waals surface area contributed by atoms with E-state index in [0.29, 0.717) is 4.47 Å². The van der Waals surface area contributed by atoms with Crippen LogP contribution in [0.2, 0.25) is 0 Å². The Balaban J connectivity index is 2.28. The molecule has 0 amide bonds. The highest BCUT2D eigenvalue weighted by atomic mass is 79.9. The van der Waals surface area contributed by atoms with Crippen LogP contribution in [0.5, 0.6) is 0 Å². The Hall–Kier alpha value is -1.53. The normalized spacial score (nSPS) is 11.0. The van der Waals surface area contributed by atoms with E-state index in [-0.39, 0.29) is 18.7 Å². The van der Waals surface area contributed by atoms with Crippen molar-refractivity contribution >= 4 is 15.9 Å². The van der Waals surface area contributed by atoms with Crippen molar-refractivity contribution in [1.29, 1.82) is 0 Å². The smallest absolute Gasteiger partial charge is 0.321 e. The van der Waals surface area contributed by atoms with Gasteiger partial charge in [0.1, 0.15) is 0 Å². The molecule has 6 heteroatoms. The second-order valence-electron chi connectivity index (χ2n) is 4.06. The Kier molecular flexibility index (Phi) is 5.03. The van der Waals surface area contributed by atoms with Crippen LogP contribution >= 0.6 is 15.9 Å². The number of aromatic nitrogens is 1. The standard InChI is InChI=1S/C14H12BrF2NO2/c15-12-8-13(19)18(6-7-20-14(16)17)9-11(12)10-4-2-1-3-5-10/h1-5,8-9,14H,6-7H2. The van der Waals surface area contributed by atoms with Crippen LogP contribution in [0.4, 0.5) is 8.78 Å². The van der Waals surface area contributed by atoms with Gasteiger partial charge in [-0.3, -0.25) is 4.79 Å². The van der Waals surface area contributed by atoms with Gasteiger partial charge >= 0.3 is 6.61 Å². The number of ether oxygens (including phenoxy) is 1. The molecule has 3 nitrogen and oxygen atoms in total. The molecule has 2 aromatic rings. The van der Waals surface area contributed by atoms with E-state index in [9.17, 15) is 13.6 Å². The molecule has 0 bridgehead atoms. The van der Waals surface area contributed by atoms with Crippen molar-refractivity contribution < 1.29 is 13.5 Å². The minimum Gasteiger partial charge on any atom is -0.321 e. The molecule has 1 aromatic heterocycles. The first-order valence-corrected chi connectivity index (χ1v) is 6.72. The number of halogens is 3. The van der Waals surface area contributed by atoms with Crippen molar-refractivity contribution in [3.63, 3.8) is 0 Å². The summed E-state index contributed by atoms with van der Waals surface area (Å²) >= 11 is 3.34. The van der Waals surface area contributed by atoms with Gasteiger partial charge in [0.05, 0.1) is 6.61 Å². The van der Waals surface area contributed by atoms with Crippen molar-refractivity contribution in [2.45, 2.75) is 13.2 Å². The third kappa shape index (κ3) is 3.74. The molecule has 0 atom stereocenters. The summed E-state index contributed by atoms with van der Waals surface area (Å²) in [5.74, 6) is 0. The number of rotatable bonds is 5. The van der Waals surface area contributed by atoms with E-state index >= 15 is 0 Å². The SMILES string of the molecule is O=c1cc(Br)c(-c2ccccc2)cn1CCOC(F)F. The largest absolute Gasteiger partial charge is 0.345 e. The van der Waals surface area contributed by atoms with E-state index in [1.165, 1.54) is 10.6 Å². The Morgan fingerprint density at radius 3 is 2.60 bits per heavy atom. The topological polar surface area (TPSA) is 31.2 Å². The Morgan fingerprint density at radius 1 is 1.25 bits per heavy atom. The maximum absolute atomic E-state index is 11.9. The zero-order valence-corrected chi connectivity index (χ0v) is 12.0. The minimum atomic E-state index is -2.82. The lowest BCUT2D eigenvalue weighted by molar-refractivity contribution is -0.130. The molecule has 0 radical (unpaired) electrons. The molecule has 0 N–H and O–H groups in total. The van der Waals surface area contributed by atoms with Gasteiger partial charge in [0.25, 0.3) is 5.56 Å². The predicted octanol–water partition coefficient (Wildman–Crippen LogP) is 3.52. The molecule has 0 unspecified atom stereocenters. The van der Waals surface area contributed by atoms with E-state index in [4.69, 9.17) is 0 Å². The summed E-state index contributed by atoms with van der Waals surface area (Å²) in [5.41, 5.74) is 1.49. The molecule has 20 heavy (non-hydrogen) atoms. The van der Waals surface area contributed by atoms with E-state index in [1.54, 1.807) is 6.20 Å². The van der Waals surface area contributed by atoms with Crippen LogP contribution in [-0.2, 0) is 11.3 Å². The van der Waals surface area contributed by atoms with Gasteiger partial charge in [-0.1, -0.05) is 30.3 Å². The third-order valence-corrected chi connectivity index (χ3v) is 3.39. The molecule has 0 fully saturated rings. The summed E-state index contributed by atoms with van der Waals surface area (Å²) < 4.78 is 30.1. The van der Waals surface area contributed by atoms with E-state index in [2.05, 4.69) is 20.7 Å². The lowest BCUT2D eigenvalue weighted by Crippen LogP contribution is -2.22. The second-order valence-corrected chi connectivity index (χ2v) is 4.92. The van der Waals surface area contributed by atoms with Crippen LogP contribution in [0.15, 0.2) is 51.9 Å². The zero-order chi connectivity index (χ0) is 14.5. The molecule has 0 aliphatic heterocycles. The van der Waals surface area contributed by atoms with Crippen molar-refractivity contribution in [3.8, 4) is 11.1 Å². The summed E-state index contributed by atoms with van der Waals surface area (Å²) in [4.78, 5) is 11.8. The van der Waals surface area contributed by atoms with Crippen LogP contribution in [-0.4, -0.2) is 17.8 Å². The second kappa shape index (κ2) is 6.76. The molecule has 0 aliphatic rings. The summed E-state index contributed by atoms with van der Waals surface area (Å²) in [5, 5.41) is 0. The molecule has 106 valence electrons. The van der Waals surface area contributed by atoms with Gasteiger partial charge in [0, 0.05) is 28.8 Å². The summed E-state index contributed by atoms with van der Waals surface area (Å²) in [6.07, 6.45) is 1.64. The van der Waals surface area contributed by atoms with Crippen molar-refractivity contribution in [2.24, 2.45) is 0 Å². The molecule has 1 aromatic carbocycles. The molecule has 0 saturated carbocycles. The van der Waals surface area contributed by atoms with Gasteiger partial charge in [-0.2, -0.15) is 8.78 Å². The maximum Gasteiger partial charge on any atom is 0.345 e. The summed E-state index contributed by atoms with van der Waals surface area (Å²) in [6.45, 7) is -2.96. The number of hydrogen-bond donors (Lipinski definition) is 0. The van der Waals surface area contributed by atoms with E-state index < -0.39 is 6.61 Å². The highest BCUT2D eigenvalue weighted by Gasteiger charge is 2.08. The molecule has 2 rings (SSSR count). The monoisotopic (exact) mass is 343 g/mol. The van der Waals surface area contributed by atoms with Crippen LogP contribution in [0.25, 0.3) is 11.1 Å². The van der Waals surface area contributed by atoms with Crippen LogP contribution in [0.1, 0.15) is 0 Å². The van der Waals surface area contributed by atoms with Gasteiger partial charge < -0.3 is 9.30 Å². The Morgan fingerprint density at radius 2 is 1.95 bits per heavy atom. The lowest BCUT2D eigenvalue weighted by Gasteiger charge is -2.10. The van der Waals surface area contributed by atoms with Gasteiger partial charge in [-0.05, 0) is 21.5 Å². The van der Waals surface area contributed by atoms with E-state index in [1.807, 2.05) is 30.3 Å². The zero-order valence-electron chi connectivity index (χ0n) is 10.4. The number of benzene rings is 1. The van der Waals surface area contributed by atoms with Crippen LogP contribution in [0.3, 0.4) is 0 Å². The summed E-state index contributed by atoms with van der Waals surface area (Å²) in [6, 6.07) is 10.9. The molecule has 0 spiro atoms. The molecule has 1 heterocycles. The summed E-state index contributed by atoms with van der Waals surface area (Å²) in [7, 11) is 0. The molecule has 0 saturated heterocycles. The maximum atomic E-state index is 11.9. The minimum absolute atomic E-state index is 0.0796. The van der Waals surface area contributed by atoms with Gasteiger partial charge in [-0.25, -0.2) is 0 Å². The first-order valence-electron chi connectivity index (χ1n) is 5.93. The number of hydrogen-bond acceptors (Lipinski definition) is 2. The first kappa shape index (κ1) is 14.9. The Bertz CT molecular complexity index is 629. The van der Waals surface area contributed by atoms with Gasteiger partial charge in [0.2, 0.25) is 0 Å². The predicted molar refractivity (Wildman–Crippen MR) is 75.8 cm³/mol. The average molecular weight is 344 g/mol. The van der Waals surface area contributed by atoms with Gasteiger partial charge in [0.15, 0.2) is 0 Å².